The Morgan fingerprint density at radius 1 is 1.55 bits per heavy atom. The lowest BCUT2D eigenvalue weighted by Crippen LogP contribution is -2.01. The van der Waals surface area contributed by atoms with E-state index in [0.717, 1.165) is 16.9 Å². The highest BCUT2D eigenvalue weighted by Crippen LogP contribution is 2.18. The molecule has 1 aromatic heterocycles. The molecule has 2 N–H and O–H groups in total. The lowest BCUT2D eigenvalue weighted by Gasteiger charge is -2.06. The van der Waals surface area contributed by atoms with Crippen molar-refractivity contribution in [3.05, 3.63) is 23.5 Å². The van der Waals surface area contributed by atoms with Crippen molar-refractivity contribution in [1.82, 2.24) is 4.98 Å². The van der Waals surface area contributed by atoms with Gasteiger partial charge in [-0.1, -0.05) is 0 Å². The van der Waals surface area contributed by atoms with Crippen molar-refractivity contribution in [2.24, 2.45) is 5.73 Å². The summed E-state index contributed by atoms with van der Waals surface area (Å²) >= 11 is 0. The van der Waals surface area contributed by atoms with Crippen LogP contribution < -0.4 is 10.5 Å². The van der Waals surface area contributed by atoms with Crippen LogP contribution in [0, 0.1) is 6.92 Å². The number of aromatic nitrogens is 1. The number of pyridine rings is 1. The van der Waals surface area contributed by atoms with E-state index in [-0.39, 0.29) is 0 Å². The standard InChI is InChI=1S/C8H12N2O/c1-6-7(3-9)4-10-5-8(6)11-2/h4-5H,3,9H2,1-2H3. The van der Waals surface area contributed by atoms with E-state index in [0.29, 0.717) is 6.54 Å². The van der Waals surface area contributed by atoms with Crippen LogP contribution >= 0.6 is 0 Å². The average molecular weight is 152 g/mol. The van der Waals surface area contributed by atoms with Gasteiger partial charge < -0.3 is 10.5 Å². The number of methoxy groups -OCH3 is 1. The fraction of sp³-hybridized carbons (Fsp3) is 0.375. The van der Waals surface area contributed by atoms with Crippen LogP contribution in [0.25, 0.3) is 0 Å². The van der Waals surface area contributed by atoms with Crippen molar-refractivity contribution in [1.29, 1.82) is 0 Å². The van der Waals surface area contributed by atoms with Gasteiger partial charge in [0.05, 0.1) is 13.3 Å². The highest BCUT2D eigenvalue weighted by Gasteiger charge is 2.01. The largest absolute Gasteiger partial charge is 0.495 e. The first-order chi connectivity index (χ1) is 5.29. The summed E-state index contributed by atoms with van der Waals surface area (Å²) in [5.74, 6) is 0.799. The van der Waals surface area contributed by atoms with Gasteiger partial charge in [-0.2, -0.15) is 0 Å². The highest BCUT2D eigenvalue weighted by atomic mass is 16.5. The highest BCUT2D eigenvalue weighted by molar-refractivity contribution is 5.35. The zero-order valence-corrected chi connectivity index (χ0v) is 6.79. The van der Waals surface area contributed by atoms with Gasteiger partial charge in [-0.25, -0.2) is 0 Å². The molecule has 0 saturated heterocycles. The smallest absolute Gasteiger partial charge is 0.140 e. The maximum atomic E-state index is 5.48. The number of rotatable bonds is 2. The van der Waals surface area contributed by atoms with Gasteiger partial charge in [0.15, 0.2) is 0 Å². The normalized spacial score (nSPS) is 9.73. The minimum atomic E-state index is 0.510. The molecule has 1 rings (SSSR count). The average Bonchev–Trinajstić information content (AvgIpc) is 2.05. The third-order valence-corrected chi connectivity index (χ3v) is 1.71. The molecule has 0 saturated carbocycles. The van der Waals surface area contributed by atoms with Gasteiger partial charge in [-0.3, -0.25) is 4.98 Å². The molecule has 1 heterocycles. The van der Waals surface area contributed by atoms with E-state index in [1.807, 2.05) is 6.92 Å². The van der Waals surface area contributed by atoms with E-state index in [4.69, 9.17) is 10.5 Å². The number of nitrogens with two attached hydrogens (primary N) is 1. The van der Waals surface area contributed by atoms with E-state index in [2.05, 4.69) is 4.98 Å². The van der Waals surface area contributed by atoms with Crippen LogP contribution in [0.15, 0.2) is 12.4 Å². The van der Waals surface area contributed by atoms with E-state index in [9.17, 15) is 0 Å². The van der Waals surface area contributed by atoms with Gasteiger partial charge in [0, 0.05) is 12.7 Å². The monoisotopic (exact) mass is 152 g/mol. The molecule has 0 bridgehead atoms. The first kappa shape index (κ1) is 8.01. The van der Waals surface area contributed by atoms with Crippen LogP contribution in [-0.4, -0.2) is 12.1 Å². The zero-order chi connectivity index (χ0) is 8.27. The first-order valence-electron chi connectivity index (χ1n) is 3.47. The summed E-state index contributed by atoms with van der Waals surface area (Å²) in [4.78, 5) is 3.98. The Kier molecular flexibility index (Phi) is 2.44. The molecule has 0 aliphatic rings. The fourth-order valence-electron chi connectivity index (χ4n) is 0.958. The van der Waals surface area contributed by atoms with Gasteiger partial charge >= 0.3 is 0 Å². The Morgan fingerprint density at radius 2 is 2.27 bits per heavy atom. The fourth-order valence-corrected chi connectivity index (χ4v) is 0.958. The molecule has 3 nitrogen and oxygen atoms in total. The molecule has 0 aliphatic heterocycles. The summed E-state index contributed by atoms with van der Waals surface area (Å²) in [5.41, 5.74) is 7.58. The van der Waals surface area contributed by atoms with Crippen LogP contribution in [0.5, 0.6) is 5.75 Å². The van der Waals surface area contributed by atoms with Gasteiger partial charge in [-0.05, 0) is 18.1 Å². The second kappa shape index (κ2) is 3.34. The van der Waals surface area contributed by atoms with Crippen molar-refractivity contribution in [2.45, 2.75) is 13.5 Å². The second-order valence-electron chi connectivity index (χ2n) is 2.33. The topological polar surface area (TPSA) is 48.1 Å². The van der Waals surface area contributed by atoms with Crippen molar-refractivity contribution in [2.75, 3.05) is 7.11 Å². The van der Waals surface area contributed by atoms with Crippen molar-refractivity contribution < 1.29 is 4.74 Å². The number of hydrogen-bond acceptors (Lipinski definition) is 3. The first-order valence-corrected chi connectivity index (χ1v) is 3.47. The number of nitrogens with zero attached hydrogens (tertiary/aromatic N) is 1. The summed E-state index contributed by atoms with van der Waals surface area (Å²) in [6.07, 6.45) is 3.45. The maximum Gasteiger partial charge on any atom is 0.140 e. The molecule has 0 amide bonds. The van der Waals surface area contributed by atoms with Crippen LogP contribution in [-0.2, 0) is 6.54 Å². The molecule has 0 unspecified atom stereocenters. The lowest BCUT2D eigenvalue weighted by molar-refractivity contribution is 0.409. The van der Waals surface area contributed by atoms with E-state index >= 15 is 0 Å². The molecular formula is C8H12N2O. The van der Waals surface area contributed by atoms with Gasteiger partial charge in [0.1, 0.15) is 5.75 Å². The van der Waals surface area contributed by atoms with Crippen LogP contribution in [0.1, 0.15) is 11.1 Å². The van der Waals surface area contributed by atoms with Crippen LogP contribution in [0.4, 0.5) is 0 Å². The molecule has 0 fully saturated rings. The van der Waals surface area contributed by atoms with E-state index in [1.54, 1.807) is 19.5 Å². The maximum absolute atomic E-state index is 5.48. The number of ether oxygens (including phenoxy) is 1. The zero-order valence-electron chi connectivity index (χ0n) is 6.79. The molecule has 60 valence electrons. The summed E-state index contributed by atoms with van der Waals surface area (Å²) < 4.78 is 5.07. The molecule has 11 heavy (non-hydrogen) atoms. The molecule has 3 heteroatoms. The van der Waals surface area contributed by atoms with Crippen molar-refractivity contribution in [3.63, 3.8) is 0 Å². The van der Waals surface area contributed by atoms with Crippen LogP contribution in [0.2, 0.25) is 0 Å². The number of hydrogen-bond donors (Lipinski definition) is 1. The summed E-state index contributed by atoms with van der Waals surface area (Å²) in [7, 11) is 1.63. The predicted octanol–water partition coefficient (Wildman–Crippen LogP) is 0.857. The van der Waals surface area contributed by atoms with Crippen molar-refractivity contribution >= 4 is 0 Å². The summed E-state index contributed by atoms with van der Waals surface area (Å²) in [6, 6.07) is 0. The van der Waals surface area contributed by atoms with Gasteiger partial charge in [-0.15, -0.1) is 0 Å². The second-order valence-corrected chi connectivity index (χ2v) is 2.33. The molecule has 0 aliphatic carbocycles. The van der Waals surface area contributed by atoms with Crippen molar-refractivity contribution in [3.8, 4) is 5.75 Å². The third-order valence-electron chi connectivity index (χ3n) is 1.71. The SMILES string of the molecule is COc1cncc(CN)c1C. The summed E-state index contributed by atoms with van der Waals surface area (Å²) in [6.45, 7) is 2.48. The van der Waals surface area contributed by atoms with E-state index < -0.39 is 0 Å². The predicted molar refractivity (Wildman–Crippen MR) is 43.4 cm³/mol. The quantitative estimate of drug-likeness (QED) is 0.683. The molecular weight excluding hydrogens is 140 g/mol. The van der Waals surface area contributed by atoms with Crippen LogP contribution in [0.3, 0.4) is 0 Å². The Labute approximate surface area is 66.2 Å². The van der Waals surface area contributed by atoms with Gasteiger partial charge in [0.2, 0.25) is 0 Å². The Morgan fingerprint density at radius 3 is 2.82 bits per heavy atom. The molecule has 0 spiro atoms. The molecule has 0 atom stereocenters. The summed E-state index contributed by atoms with van der Waals surface area (Å²) in [5, 5.41) is 0. The van der Waals surface area contributed by atoms with E-state index in [1.165, 1.54) is 0 Å². The van der Waals surface area contributed by atoms with Gasteiger partial charge in [0.25, 0.3) is 0 Å². The third kappa shape index (κ3) is 1.49. The minimum absolute atomic E-state index is 0.510. The Hall–Kier alpha value is -1.09. The Bertz CT molecular complexity index is 226. The minimum Gasteiger partial charge on any atom is -0.495 e. The molecule has 1 aromatic rings. The molecule has 0 radical (unpaired) electrons. The molecule has 0 aromatic carbocycles. The Balaban J connectivity index is 3.10. The lowest BCUT2D eigenvalue weighted by atomic mass is 10.1.